The van der Waals surface area contributed by atoms with Gasteiger partial charge in [-0.25, -0.2) is 4.79 Å². The number of esters is 1. The first-order chi connectivity index (χ1) is 10.5. The van der Waals surface area contributed by atoms with Gasteiger partial charge in [0, 0.05) is 0 Å². The van der Waals surface area contributed by atoms with Crippen LogP contribution in [0.25, 0.3) is 0 Å². The van der Waals surface area contributed by atoms with E-state index >= 15 is 0 Å². The monoisotopic (exact) mass is 300 g/mol. The highest BCUT2D eigenvalue weighted by Crippen LogP contribution is 2.23. The van der Waals surface area contributed by atoms with E-state index in [1.54, 1.807) is 19.2 Å². The van der Waals surface area contributed by atoms with Gasteiger partial charge in [-0.05, 0) is 48.7 Å². The summed E-state index contributed by atoms with van der Waals surface area (Å²) in [6.45, 7) is 4.33. The largest absolute Gasteiger partial charge is 0.496 e. The van der Waals surface area contributed by atoms with Crippen LogP contribution in [0.3, 0.4) is 0 Å². The lowest BCUT2D eigenvalue weighted by Crippen LogP contribution is -2.03. The Labute approximate surface area is 130 Å². The fourth-order valence-corrected chi connectivity index (χ4v) is 2.12. The van der Waals surface area contributed by atoms with Crippen LogP contribution in [0, 0.1) is 13.8 Å². The third-order valence-corrected chi connectivity index (χ3v) is 3.48. The molecule has 0 fully saturated rings. The average Bonchev–Trinajstić information content (AvgIpc) is 2.54. The highest BCUT2D eigenvalue weighted by Gasteiger charge is 2.09. The molecule has 0 saturated carbocycles. The molecule has 2 rings (SSSR count). The fourth-order valence-electron chi connectivity index (χ4n) is 2.12. The summed E-state index contributed by atoms with van der Waals surface area (Å²) in [5, 5.41) is 0. The van der Waals surface area contributed by atoms with Crippen molar-refractivity contribution in [2.45, 2.75) is 20.5 Å². The van der Waals surface area contributed by atoms with Crippen LogP contribution in [0.15, 0.2) is 36.4 Å². The molecule has 4 heteroatoms. The second-order valence-corrected chi connectivity index (χ2v) is 5.06. The van der Waals surface area contributed by atoms with Crippen molar-refractivity contribution < 1.29 is 19.0 Å². The molecule has 116 valence electrons. The molecular weight excluding hydrogens is 280 g/mol. The Morgan fingerprint density at radius 3 is 2.32 bits per heavy atom. The maximum absolute atomic E-state index is 11.6. The van der Waals surface area contributed by atoms with Crippen molar-refractivity contribution in [3.63, 3.8) is 0 Å². The quantitative estimate of drug-likeness (QED) is 0.790. The number of methoxy groups -OCH3 is 2. The van der Waals surface area contributed by atoms with Gasteiger partial charge in [0.05, 0.1) is 19.8 Å². The van der Waals surface area contributed by atoms with Gasteiger partial charge in [-0.1, -0.05) is 18.2 Å². The Morgan fingerprint density at radius 1 is 0.955 bits per heavy atom. The molecule has 0 unspecified atom stereocenters. The van der Waals surface area contributed by atoms with Gasteiger partial charge >= 0.3 is 5.97 Å². The van der Waals surface area contributed by atoms with E-state index in [1.165, 1.54) is 7.11 Å². The standard InChI is InChI=1S/C18H20O4/c1-12-5-7-14(9-16(12)20-3)11-22-17-10-15(18(19)21-4)8-6-13(17)2/h5-10H,11H2,1-4H3. The van der Waals surface area contributed by atoms with Gasteiger partial charge in [-0.15, -0.1) is 0 Å². The van der Waals surface area contributed by atoms with E-state index < -0.39 is 0 Å². The molecule has 0 spiro atoms. The van der Waals surface area contributed by atoms with Crippen molar-refractivity contribution in [2.75, 3.05) is 14.2 Å². The van der Waals surface area contributed by atoms with Crippen LogP contribution in [-0.2, 0) is 11.3 Å². The van der Waals surface area contributed by atoms with Gasteiger partial charge < -0.3 is 14.2 Å². The third kappa shape index (κ3) is 3.58. The fraction of sp³-hybridized carbons (Fsp3) is 0.278. The molecule has 0 bridgehead atoms. The third-order valence-electron chi connectivity index (χ3n) is 3.48. The van der Waals surface area contributed by atoms with E-state index in [1.807, 2.05) is 38.1 Å². The zero-order valence-electron chi connectivity index (χ0n) is 13.3. The Morgan fingerprint density at radius 2 is 1.64 bits per heavy atom. The zero-order chi connectivity index (χ0) is 16.1. The number of hydrogen-bond donors (Lipinski definition) is 0. The molecule has 0 aliphatic heterocycles. The number of carbonyl (C=O) groups excluding carboxylic acids is 1. The molecule has 2 aromatic rings. The van der Waals surface area contributed by atoms with Crippen molar-refractivity contribution >= 4 is 5.97 Å². The zero-order valence-corrected chi connectivity index (χ0v) is 13.3. The molecule has 0 N–H and O–H groups in total. The summed E-state index contributed by atoms with van der Waals surface area (Å²) in [6.07, 6.45) is 0. The van der Waals surface area contributed by atoms with Gasteiger partial charge in [-0.2, -0.15) is 0 Å². The maximum atomic E-state index is 11.6. The Balaban J connectivity index is 2.15. The lowest BCUT2D eigenvalue weighted by atomic mass is 10.1. The predicted octanol–water partition coefficient (Wildman–Crippen LogP) is 3.68. The second kappa shape index (κ2) is 6.98. The molecule has 22 heavy (non-hydrogen) atoms. The summed E-state index contributed by atoms with van der Waals surface area (Å²) in [4.78, 5) is 11.6. The maximum Gasteiger partial charge on any atom is 0.337 e. The minimum Gasteiger partial charge on any atom is -0.496 e. The summed E-state index contributed by atoms with van der Waals surface area (Å²) in [6, 6.07) is 11.2. The molecule has 0 aromatic heterocycles. The van der Waals surface area contributed by atoms with E-state index in [-0.39, 0.29) is 5.97 Å². The van der Waals surface area contributed by atoms with Gasteiger partial charge in [0.1, 0.15) is 18.1 Å². The van der Waals surface area contributed by atoms with Crippen molar-refractivity contribution in [3.05, 3.63) is 58.7 Å². The summed E-state index contributed by atoms with van der Waals surface area (Å²) in [5.74, 6) is 1.13. The van der Waals surface area contributed by atoms with Crippen LogP contribution in [0.4, 0.5) is 0 Å². The van der Waals surface area contributed by atoms with Crippen LogP contribution < -0.4 is 9.47 Å². The van der Waals surface area contributed by atoms with E-state index in [2.05, 4.69) is 0 Å². The van der Waals surface area contributed by atoms with Crippen molar-refractivity contribution in [2.24, 2.45) is 0 Å². The first kappa shape index (κ1) is 15.9. The molecule has 0 saturated heterocycles. The summed E-state index contributed by atoms with van der Waals surface area (Å²) < 4.78 is 15.9. The molecule has 0 aliphatic rings. The van der Waals surface area contributed by atoms with E-state index in [9.17, 15) is 4.79 Å². The summed E-state index contributed by atoms with van der Waals surface area (Å²) in [7, 11) is 3.01. The van der Waals surface area contributed by atoms with E-state index in [0.29, 0.717) is 17.9 Å². The van der Waals surface area contributed by atoms with E-state index in [0.717, 1.165) is 22.4 Å². The number of ether oxygens (including phenoxy) is 3. The van der Waals surface area contributed by atoms with Crippen molar-refractivity contribution in [1.82, 2.24) is 0 Å². The first-order valence-corrected chi connectivity index (χ1v) is 7.00. The van der Waals surface area contributed by atoms with Crippen LogP contribution in [-0.4, -0.2) is 20.2 Å². The Hall–Kier alpha value is -2.49. The van der Waals surface area contributed by atoms with Crippen LogP contribution in [0.1, 0.15) is 27.0 Å². The molecule has 0 heterocycles. The smallest absolute Gasteiger partial charge is 0.337 e. The topological polar surface area (TPSA) is 44.8 Å². The molecular formula is C18H20O4. The average molecular weight is 300 g/mol. The van der Waals surface area contributed by atoms with Gasteiger partial charge in [-0.3, -0.25) is 0 Å². The molecule has 2 aromatic carbocycles. The minimum atomic E-state index is -0.373. The Bertz CT molecular complexity index is 677. The van der Waals surface area contributed by atoms with Gasteiger partial charge in [0.15, 0.2) is 0 Å². The molecule has 0 atom stereocenters. The highest BCUT2D eigenvalue weighted by atomic mass is 16.5. The molecule has 0 radical (unpaired) electrons. The van der Waals surface area contributed by atoms with Gasteiger partial charge in [0.25, 0.3) is 0 Å². The SMILES string of the molecule is COC(=O)c1ccc(C)c(OCc2ccc(C)c(OC)c2)c1. The predicted molar refractivity (Wildman–Crippen MR) is 84.6 cm³/mol. The summed E-state index contributed by atoms with van der Waals surface area (Å²) in [5.41, 5.74) is 3.52. The van der Waals surface area contributed by atoms with Crippen LogP contribution in [0.5, 0.6) is 11.5 Å². The minimum absolute atomic E-state index is 0.373. The lowest BCUT2D eigenvalue weighted by Gasteiger charge is -2.12. The van der Waals surface area contributed by atoms with E-state index in [4.69, 9.17) is 14.2 Å². The normalized spacial score (nSPS) is 10.2. The van der Waals surface area contributed by atoms with Gasteiger partial charge in [0.2, 0.25) is 0 Å². The second-order valence-electron chi connectivity index (χ2n) is 5.06. The summed E-state index contributed by atoms with van der Waals surface area (Å²) >= 11 is 0. The van der Waals surface area contributed by atoms with Crippen molar-refractivity contribution in [3.8, 4) is 11.5 Å². The lowest BCUT2D eigenvalue weighted by molar-refractivity contribution is 0.0600. The Kier molecular flexibility index (Phi) is 5.04. The number of carbonyl (C=O) groups is 1. The highest BCUT2D eigenvalue weighted by molar-refractivity contribution is 5.89. The number of benzene rings is 2. The number of hydrogen-bond acceptors (Lipinski definition) is 4. The molecule has 0 amide bonds. The number of aryl methyl sites for hydroxylation is 2. The number of rotatable bonds is 5. The first-order valence-electron chi connectivity index (χ1n) is 7.00. The molecule has 0 aliphatic carbocycles. The molecule has 4 nitrogen and oxygen atoms in total. The van der Waals surface area contributed by atoms with Crippen molar-refractivity contribution in [1.29, 1.82) is 0 Å². The van der Waals surface area contributed by atoms with Crippen LogP contribution in [0.2, 0.25) is 0 Å². The van der Waals surface area contributed by atoms with Crippen LogP contribution >= 0.6 is 0 Å².